The maximum absolute atomic E-state index is 12.4. The van der Waals surface area contributed by atoms with Crippen LogP contribution in [0, 0.1) is 0 Å². The first-order chi connectivity index (χ1) is 9.70. The summed E-state index contributed by atoms with van der Waals surface area (Å²) in [6.45, 7) is 0. The number of sulfonamides is 1. The van der Waals surface area contributed by atoms with Crippen LogP contribution in [0.1, 0.15) is 0 Å². The van der Waals surface area contributed by atoms with E-state index in [1.165, 1.54) is 24.3 Å². The van der Waals surface area contributed by atoms with Gasteiger partial charge in [0.2, 0.25) is 0 Å². The van der Waals surface area contributed by atoms with Gasteiger partial charge in [-0.2, -0.15) is 0 Å². The monoisotopic (exact) mass is 428 g/mol. The van der Waals surface area contributed by atoms with Crippen molar-refractivity contribution in [3.05, 3.63) is 49.9 Å². The Labute approximate surface area is 145 Å². The number of nitrogen functional groups attached to an aromatic ring is 1. The van der Waals surface area contributed by atoms with E-state index < -0.39 is 10.0 Å². The Morgan fingerprint density at radius 3 is 2.14 bits per heavy atom. The number of nitrogens with one attached hydrogen (secondary N) is 1. The van der Waals surface area contributed by atoms with Crippen LogP contribution in [0.4, 0.5) is 11.4 Å². The molecule has 2 aromatic rings. The lowest BCUT2D eigenvalue weighted by Crippen LogP contribution is -2.14. The fourth-order valence-corrected chi connectivity index (χ4v) is 4.83. The third-order valence-electron chi connectivity index (χ3n) is 2.47. The summed E-state index contributed by atoms with van der Waals surface area (Å²) < 4.78 is 27.7. The third kappa shape index (κ3) is 3.76. The molecule has 0 saturated heterocycles. The van der Waals surface area contributed by atoms with Crippen LogP contribution in [-0.4, -0.2) is 8.42 Å². The van der Waals surface area contributed by atoms with Gasteiger partial charge in [-0.1, -0.05) is 50.7 Å². The van der Waals surface area contributed by atoms with Crippen molar-refractivity contribution in [2.45, 2.75) is 4.90 Å². The molecular formula is C12H8BrCl3N2O2S. The lowest BCUT2D eigenvalue weighted by molar-refractivity contribution is 0.601. The van der Waals surface area contributed by atoms with Gasteiger partial charge in [0, 0.05) is 10.2 Å². The molecule has 0 bridgehead atoms. The molecule has 0 saturated carbocycles. The first-order valence-electron chi connectivity index (χ1n) is 5.43. The standard InChI is InChI=1S/C12H8BrCl3N2O2S/c13-6-3-9(15)12(10(16)4-6)21(19,20)18-11-5-7(17)1-2-8(11)14/h1-5,18H,17H2. The Kier molecular flexibility index (Phi) is 4.95. The largest absolute Gasteiger partial charge is 0.399 e. The van der Waals surface area contributed by atoms with Crippen LogP contribution in [0.2, 0.25) is 15.1 Å². The van der Waals surface area contributed by atoms with Crippen molar-refractivity contribution < 1.29 is 8.42 Å². The smallest absolute Gasteiger partial charge is 0.264 e. The molecule has 2 aromatic carbocycles. The van der Waals surface area contributed by atoms with E-state index in [0.29, 0.717) is 10.2 Å². The normalized spacial score (nSPS) is 11.4. The molecular weight excluding hydrogens is 422 g/mol. The highest BCUT2D eigenvalue weighted by Crippen LogP contribution is 2.35. The van der Waals surface area contributed by atoms with Gasteiger partial charge in [0.1, 0.15) is 4.90 Å². The van der Waals surface area contributed by atoms with E-state index in [1.54, 1.807) is 6.07 Å². The second-order valence-electron chi connectivity index (χ2n) is 4.04. The molecule has 0 amide bonds. The number of rotatable bonds is 3. The molecule has 0 atom stereocenters. The Balaban J connectivity index is 2.51. The molecule has 0 aliphatic carbocycles. The second-order valence-corrected chi connectivity index (χ2v) is 7.80. The fourth-order valence-electron chi connectivity index (χ4n) is 1.60. The summed E-state index contributed by atoms with van der Waals surface area (Å²) in [5.74, 6) is 0. The summed E-state index contributed by atoms with van der Waals surface area (Å²) >= 11 is 21.0. The van der Waals surface area contributed by atoms with Crippen molar-refractivity contribution in [2.75, 3.05) is 10.5 Å². The van der Waals surface area contributed by atoms with Crippen LogP contribution in [0.25, 0.3) is 0 Å². The summed E-state index contributed by atoms with van der Waals surface area (Å²) in [5, 5.41) is 0.181. The summed E-state index contributed by atoms with van der Waals surface area (Å²) in [6, 6.07) is 7.31. The van der Waals surface area contributed by atoms with Crippen molar-refractivity contribution >= 4 is 72.1 Å². The quantitative estimate of drug-likeness (QED) is 0.688. The zero-order valence-electron chi connectivity index (χ0n) is 10.2. The molecule has 0 aliphatic heterocycles. The molecule has 9 heteroatoms. The molecule has 0 aliphatic rings. The van der Waals surface area contributed by atoms with Crippen molar-refractivity contribution in [1.29, 1.82) is 0 Å². The lowest BCUT2D eigenvalue weighted by atomic mass is 10.3. The van der Waals surface area contributed by atoms with E-state index in [4.69, 9.17) is 40.5 Å². The zero-order valence-corrected chi connectivity index (χ0v) is 14.9. The summed E-state index contributed by atoms with van der Waals surface area (Å²) in [4.78, 5) is -0.229. The average Bonchev–Trinajstić information content (AvgIpc) is 2.31. The Bertz CT molecular complexity index is 789. The zero-order chi connectivity index (χ0) is 15.8. The molecule has 112 valence electrons. The third-order valence-corrected chi connectivity index (χ3v) is 5.54. The molecule has 0 heterocycles. The van der Waals surface area contributed by atoms with Crippen molar-refractivity contribution in [2.24, 2.45) is 0 Å². The molecule has 0 unspecified atom stereocenters. The van der Waals surface area contributed by atoms with Crippen molar-refractivity contribution in [3.63, 3.8) is 0 Å². The highest BCUT2D eigenvalue weighted by atomic mass is 79.9. The van der Waals surface area contributed by atoms with Gasteiger partial charge in [-0.3, -0.25) is 4.72 Å². The van der Waals surface area contributed by atoms with Crippen LogP contribution >= 0.6 is 50.7 Å². The Hall–Kier alpha value is -0.660. The highest BCUT2D eigenvalue weighted by molar-refractivity contribution is 9.10. The minimum atomic E-state index is -4.01. The van der Waals surface area contributed by atoms with E-state index in [9.17, 15) is 8.42 Å². The van der Waals surface area contributed by atoms with Gasteiger partial charge >= 0.3 is 0 Å². The van der Waals surface area contributed by atoms with Crippen LogP contribution in [0.5, 0.6) is 0 Å². The molecule has 2 rings (SSSR count). The molecule has 0 radical (unpaired) electrons. The maximum atomic E-state index is 12.4. The molecule has 3 N–H and O–H groups in total. The topological polar surface area (TPSA) is 72.2 Å². The van der Waals surface area contributed by atoms with Gasteiger partial charge in [-0.15, -0.1) is 0 Å². The Morgan fingerprint density at radius 1 is 1.00 bits per heavy atom. The Morgan fingerprint density at radius 2 is 1.57 bits per heavy atom. The van der Waals surface area contributed by atoms with Crippen LogP contribution in [0.15, 0.2) is 39.7 Å². The van der Waals surface area contributed by atoms with Gasteiger partial charge < -0.3 is 5.73 Å². The van der Waals surface area contributed by atoms with Crippen molar-refractivity contribution in [3.8, 4) is 0 Å². The predicted octanol–water partition coefficient (Wildman–Crippen LogP) is 4.79. The highest BCUT2D eigenvalue weighted by Gasteiger charge is 2.23. The number of hydrogen-bond donors (Lipinski definition) is 2. The summed E-state index contributed by atoms with van der Waals surface area (Å²) in [6.07, 6.45) is 0. The number of hydrogen-bond acceptors (Lipinski definition) is 3. The first kappa shape index (κ1) is 16.7. The minimum absolute atomic E-state index is 0.0121. The van der Waals surface area contributed by atoms with Crippen molar-refractivity contribution in [1.82, 2.24) is 0 Å². The number of benzene rings is 2. The minimum Gasteiger partial charge on any atom is -0.399 e. The van der Waals surface area contributed by atoms with E-state index in [1.807, 2.05) is 0 Å². The van der Waals surface area contributed by atoms with E-state index >= 15 is 0 Å². The van der Waals surface area contributed by atoms with Crippen LogP contribution < -0.4 is 10.5 Å². The molecule has 0 aromatic heterocycles. The first-order valence-corrected chi connectivity index (χ1v) is 8.84. The van der Waals surface area contributed by atoms with Gasteiger partial charge in [0.05, 0.1) is 20.8 Å². The van der Waals surface area contributed by atoms with E-state index in [-0.39, 0.29) is 25.7 Å². The van der Waals surface area contributed by atoms with Crippen LogP contribution in [-0.2, 0) is 10.0 Å². The summed E-state index contributed by atoms with van der Waals surface area (Å²) in [7, 11) is -4.01. The molecule has 21 heavy (non-hydrogen) atoms. The maximum Gasteiger partial charge on any atom is 0.264 e. The van der Waals surface area contributed by atoms with Crippen LogP contribution in [0.3, 0.4) is 0 Å². The number of halogens is 4. The van der Waals surface area contributed by atoms with Gasteiger partial charge in [0.25, 0.3) is 10.0 Å². The lowest BCUT2D eigenvalue weighted by Gasteiger charge is -2.13. The predicted molar refractivity (Wildman–Crippen MR) is 90.8 cm³/mol. The molecule has 4 nitrogen and oxygen atoms in total. The fraction of sp³-hybridized carbons (Fsp3) is 0. The second kappa shape index (κ2) is 6.22. The summed E-state index contributed by atoms with van der Waals surface area (Å²) in [5.41, 5.74) is 6.12. The van der Waals surface area contributed by atoms with Gasteiger partial charge in [0.15, 0.2) is 0 Å². The molecule has 0 spiro atoms. The van der Waals surface area contributed by atoms with Gasteiger partial charge in [-0.05, 0) is 30.3 Å². The SMILES string of the molecule is Nc1ccc(Cl)c(NS(=O)(=O)c2c(Cl)cc(Br)cc2Cl)c1. The molecule has 0 fully saturated rings. The number of anilines is 2. The van der Waals surface area contributed by atoms with Gasteiger partial charge in [-0.25, -0.2) is 8.42 Å². The number of nitrogens with two attached hydrogens (primary N) is 1. The van der Waals surface area contributed by atoms with E-state index in [2.05, 4.69) is 20.7 Å². The average molecular weight is 431 g/mol. The van der Waals surface area contributed by atoms with E-state index in [0.717, 1.165) is 0 Å².